The lowest BCUT2D eigenvalue weighted by molar-refractivity contribution is -0.0568. The van der Waals surface area contributed by atoms with E-state index in [0.29, 0.717) is 4.57 Å². The minimum absolute atomic E-state index is 0.288. The third-order valence-corrected chi connectivity index (χ3v) is 2.96. The summed E-state index contributed by atoms with van der Waals surface area (Å²) in [4.78, 5) is 24.6. The number of alkyl halides is 1. The second kappa shape index (κ2) is 5.21. The third-order valence-electron chi connectivity index (χ3n) is 2.96. The van der Waals surface area contributed by atoms with Gasteiger partial charge in [-0.3, -0.25) is 14.3 Å². The van der Waals surface area contributed by atoms with E-state index in [-0.39, 0.29) is 5.69 Å². The molecule has 19 heavy (non-hydrogen) atoms. The molecule has 1 aliphatic heterocycles. The molecule has 0 aromatic carbocycles. The first kappa shape index (κ1) is 13.9. The number of aromatic amines is 1. The number of aliphatic hydroxyl groups is 3. The Balaban J connectivity index is 2.48. The normalized spacial score (nSPS) is 30.7. The largest absolute Gasteiger partial charge is 0.394 e. The molecule has 0 aliphatic carbocycles. The van der Waals surface area contributed by atoms with Gasteiger partial charge >= 0.3 is 5.69 Å². The zero-order chi connectivity index (χ0) is 14.2. The molecule has 1 aromatic heterocycles. The number of nitrogens with one attached hydrogen (secondary N) is 1. The summed E-state index contributed by atoms with van der Waals surface area (Å²) in [6, 6.07) is 0.857. The van der Waals surface area contributed by atoms with E-state index in [0.717, 1.165) is 6.07 Å². The van der Waals surface area contributed by atoms with Crippen LogP contribution in [-0.2, 0) is 11.4 Å². The fourth-order valence-corrected chi connectivity index (χ4v) is 2.03. The monoisotopic (exact) mass is 276 g/mol. The van der Waals surface area contributed by atoms with Crippen molar-refractivity contribution in [1.82, 2.24) is 9.55 Å². The fourth-order valence-electron chi connectivity index (χ4n) is 2.03. The molecule has 0 saturated carbocycles. The highest BCUT2D eigenvalue weighted by Gasteiger charge is 2.44. The van der Waals surface area contributed by atoms with Crippen LogP contribution in [0.4, 0.5) is 4.39 Å². The standard InChI is InChI=1S/C10H13FN2O6/c11-2-4-1-6(15)12-10(18)13(4)9-8(17)7(16)5(3-14)19-9/h1,5,7-9,14,16-17H,2-3H2,(H,12,15,18)/t5-,7-,8-,9?/m1/s1. The minimum Gasteiger partial charge on any atom is -0.394 e. The van der Waals surface area contributed by atoms with Crippen molar-refractivity contribution in [3.8, 4) is 0 Å². The molecular formula is C10H13FN2O6. The molecule has 8 nitrogen and oxygen atoms in total. The number of halogens is 1. The second-order valence-corrected chi connectivity index (χ2v) is 4.16. The van der Waals surface area contributed by atoms with Gasteiger partial charge in [0.2, 0.25) is 0 Å². The van der Waals surface area contributed by atoms with Crippen LogP contribution >= 0.6 is 0 Å². The summed E-state index contributed by atoms with van der Waals surface area (Å²) in [6.07, 6.45) is -5.40. The molecule has 0 amide bonds. The molecule has 2 heterocycles. The van der Waals surface area contributed by atoms with Crippen molar-refractivity contribution in [3.63, 3.8) is 0 Å². The van der Waals surface area contributed by atoms with Crippen LogP contribution in [0.15, 0.2) is 15.7 Å². The Labute approximate surface area is 105 Å². The summed E-state index contributed by atoms with van der Waals surface area (Å²) >= 11 is 0. The fraction of sp³-hybridized carbons (Fsp3) is 0.600. The molecule has 1 saturated heterocycles. The number of aromatic nitrogens is 2. The predicted molar refractivity (Wildman–Crippen MR) is 59.1 cm³/mol. The average molecular weight is 276 g/mol. The molecule has 2 rings (SSSR count). The van der Waals surface area contributed by atoms with Crippen molar-refractivity contribution in [2.75, 3.05) is 6.61 Å². The van der Waals surface area contributed by atoms with Crippen molar-refractivity contribution < 1.29 is 24.4 Å². The molecule has 0 bridgehead atoms. The van der Waals surface area contributed by atoms with Gasteiger partial charge in [0, 0.05) is 6.07 Å². The minimum atomic E-state index is -1.52. The lowest BCUT2D eigenvalue weighted by Crippen LogP contribution is -2.39. The van der Waals surface area contributed by atoms with Gasteiger partial charge in [-0.2, -0.15) is 0 Å². The summed E-state index contributed by atoms with van der Waals surface area (Å²) in [5, 5.41) is 28.3. The summed E-state index contributed by atoms with van der Waals surface area (Å²) in [5.41, 5.74) is -2.03. The molecule has 4 N–H and O–H groups in total. The molecule has 0 radical (unpaired) electrons. The highest BCUT2D eigenvalue weighted by atomic mass is 19.1. The van der Waals surface area contributed by atoms with E-state index in [1.807, 2.05) is 4.98 Å². The summed E-state index contributed by atoms with van der Waals surface area (Å²) in [5.74, 6) is 0. The van der Waals surface area contributed by atoms with Gasteiger partial charge in [-0.1, -0.05) is 0 Å². The number of aliphatic hydroxyl groups excluding tert-OH is 3. The second-order valence-electron chi connectivity index (χ2n) is 4.16. The van der Waals surface area contributed by atoms with Crippen molar-refractivity contribution in [2.45, 2.75) is 31.2 Å². The van der Waals surface area contributed by atoms with Crippen LogP contribution in [0, 0.1) is 0 Å². The summed E-state index contributed by atoms with van der Waals surface area (Å²) in [7, 11) is 0. The quantitative estimate of drug-likeness (QED) is 0.488. The highest BCUT2D eigenvalue weighted by Crippen LogP contribution is 2.28. The zero-order valence-electron chi connectivity index (χ0n) is 9.69. The molecule has 0 spiro atoms. The smallest absolute Gasteiger partial charge is 0.330 e. The van der Waals surface area contributed by atoms with Gasteiger partial charge < -0.3 is 20.1 Å². The molecule has 1 aliphatic rings. The first-order valence-corrected chi connectivity index (χ1v) is 5.52. The van der Waals surface area contributed by atoms with Crippen molar-refractivity contribution in [2.24, 2.45) is 0 Å². The summed E-state index contributed by atoms with van der Waals surface area (Å²) in [6.45, 7) is -1.69. The molecule has 106 valence electrons. The van der Waals surface area contributed by atoms with E-state index in [9.17, 15) is 24.2 Å². The van der Waals surface area contributed by atoms with Crippen molar-refractivity contribution in [1.29, 1.82) is 0 Å². The Morgan fingerprint density at radius 1 is 1.37 bits per heavy atom. The maximum Gasteiger partial charge on any atom is 0.330 e. The van der Waals surface area contributed by atoms with Gasteiger partial charge in [0.1, 0.15) is 25.0 Å². The lowest BCUT2D eigenvalue weighted by atomic mass is 10.1. The molecule has 4 atom stereocenters. The predicted octanol–water partition coefficient (Wildman–Crippen LogP) is -2.38. The Kier molecular flexibility index (Phi) is 3.80. The number of nitrogens with zero attached hydrogens (tertiary/aromatic N) is 1. The molecular weight excluding hydrogens is 263 g/mol. The number of H-pyrrole nitrogens is 1. The average Bonchev–Trinajstić information content (AvgIpc) is 2.65. The first-order chi connectivity index (χ1) is 8.99. The summed E-state index contributed by atoms with van der Waals surface area (Å²) < 4.78 is 18.7. The van der Waals surface area contributed by atoms with Gasteiger partial charge in [-0.25, -0.2) is 9.18 Å². The van der Waals surface area contributed by atoms with E-state index in [1.165, 1.54) is 0 Å². The van der Waals surface area contributed by atoms with Crippen LogP contribution in [0.2, 0.25) is 0 Å². The molecule has 9 heteroatoms. The Hall–Kier alpha value is -1.55. The number of rotatable bonds is 3. The van der Waals surface area contributed by atoms with Gasteiger partial charge in [-0.05, 0) is 0 Å². The Bertz CT molecular complexity index is 570. The number of hydrogen-bond donors (Lipinski definition) is 4. The van der Waals surface area contributed by atoms with Crippen LogP contribution in [0.5, 0.6) is 0 Å². The first-order valence-electron chi connectivity index (χ1n) is 5.52. The SMILES string of the molecule is O=c1cc(CF)n(C2O[C@H](CO)[C@@H](O)[C@H]2O)c(=O)[nH]1. The topological polar surface area (TPSA) is 125 Å². The van der Waals surface area contributed by atoms with E-state index >= 15 is 0 Å². The van der Waals surface area contributed by atoms with Crippen LogP contribution in [0.3, 0.4) is 0 Å². The van der Waals surface area contributed by atoms with E-state index < -0.39 is 49.1 Å². The van der Waals surface area contributed by atoms with Crippen LogP contribution < -0.4 is 11.2 Å². The molecule has 1 unspecified atom stereocenters. The maximum absolute atomic E-state index is 12.8. The van der Waals surface area contributed by atoms with E-state index in [1.54, 1.807) is 0 Å². The van der Waals surface area contributed by atoms with E-state index in [2.05, 4.69) is 0 Å². The van der Waals surface area contributed by atoms with E-state index in [4.69, 9.17) is 9.84 Å². The van der Waals surface area contributed by atoms with Gasteiger partial charge in [0.25, 0.3) is 5.56 Å². The van der Waals surface area contributed by atoms with Crippen LogP contribution in [0.25, 0.3) is 0 Å². The van der Waals surface area contributed by atoms with Crippen molar-refractivity contribution in [3.05, 3.63) is 32.6 Å². The van der Waals surface area contributed by atoms with Gasteiger partial charge in [0.05, 0.1) is 12.3 Å². The molecule has 1 aromatic rings. The third kappa shape index (κ3) is 2.32. The Morgan fingerprint density at radius 3 is 2.58 bits per heavy atom. The zero-order valence-corrected chi connectivity index (χ0v) is 9.69. The highest BCUT2D eigenvalue weighted by molar-refractivity contribution is 5.03. The Morgan fingerprint density at radius 2 is 2.05 bits per heavy atom. The maximum atomic E-state index is 12.8. The molecule has 1 fully saturated rings. The number of ether oxygens (including phenoxy) is 1. The van der Waals surface area contributed by atoms with Gasteiger partial charge in [-0.15, -0.1) is 0 Å². The lowest BCUT2D eigenvalue weighted by Gasteiger charge is -2.19. The van der Waals surface area contributed by atoms with Crippen LogP contribution in [0.1, 0.15) is 11.9 Å². The van der Waals surface area contributed by atoms with Crippen LogP contribution in [-0.4, -0.2) is 49.8 Å². The number of hydrogen-bond acceptors (Lipinski definition) is 6. The van der Waals surface area contributed by atoms with Crippen molar-refractivity contribution >= 4 is 0 Å². The van der Waals surface area contributed by atoms with Gasteiger partial charge in [0.15, 0.2) is 6.23 Å².